The molecule has 0 spiro atoms. The lowest BCUT2D eigenvalue weighted by atomic mass is 10.0. The summed E-state index contributed by atoms with van der Waals surface area (Å²) in [6, 6.07) is 7.37. The number of aromatic nitrogens is 2. The van der Waals surface area contributed by atoms with Crippen molar-refractivity contribution in [3.05, 3.63) is 30.6 Å². The van der Waals surface area contributed by atoms with E-state index in [0.29, 0.717) is 13.0 Å². The molecule has 2 aromatic rings. The van der Waals surface area contributed by atoms with E-state index >= 15 is 0 Å². The van der Waals surface area contributed by atoms with Gasteiger partial charge in [-0.05, 0) is 25.5 Å². The van der Waals surface area contributed by atoms with E-state index in [1.807, 2.05) is 24.3 Å². The fourth-order valence-corrected chi connectivity index (χ4v) is 2.99. The molecule has 21 heavy (non-hydrogen) atoms. The van der Waals surface area contributed by atoms with Crippen molar-refractivity contribution in [3.63, 3.8) is 0 Å². The van der Waals surface area contributed by atoms with Gasteiger partial charge in [0.15, 0.2) is 0 Å². The molecule has 1 saturated heterocycles. The number of imidazole rings is 1. The highest BCUT2D eigenvalue weighted by atomic mass is 16.4. The summed E-state index contributed by atoms with van der Waals surface area (Å²) in [6.45, 7) is 2.50. The van der Waals surface area contributed by atoms with Crippen LogP contribution in [0, 0.1) is 5.92 Å². The topological polar surface area (TPSA) is 75.4 Å². The number of aliphatic carboxylic acids is 1. The Morgan fingerprint density at radius 3 is 2.86 bits per heavy atom. The van der Waals surface area contributed by atoms with Gasteiger partial charge in [0.05, 0.1) is 23.3 Å². The van der Waals surface area contributed by atoms with Gasteiger partial charge in [0.1, 0.15) is 6.54 Å². The second-order valence-electron chi connectivity index (χ2n) is 5.42. The van der Waals surface area contributed by atoms with Gasteiger partial charge in [-0.25, -0.2) is 4.98 Å². The molecule has 1 aromatic carbocycles. The second kappa shape index (κ2) is 5.20. The van der Waals surface area contributed by atoms with Crippen molar-refractivity contribution in [1.82, 2.24) is 14.5 Å². The summed E-state index contributed by atoms with van der Waals surface area (Å²) in [5.41, 5.74) is 1.76. The summed E-state index contributed by atoms with van der Waals surface area (Å²) >= 11 is 0. The first kappa shape index (κ1) is 13.6. The maximum atomic E-state index is 12.4. The maximum Gasteiger partial charge on any atom is 0.308 e. The molecule has 110 valence electrons. The summed E-state index contributed by atoms with van der Waals surface area (Å²) in [4.78, 5) is 29.5. The number of carbonyl (C=O) groups excluding carboxylic acids is 1. The maximum absolute atomic E-state index is 12.4. The summed E-state index contributed by atoms with van der Waals surface area (Å²) in [5.74, 6) is -1.35. The van der Waals surface area contributed by atoms with Crippen LogP contribution in [0.1, 0.15) is 13.3 Å². The molecule has 1 aliphatic rings. The lowest BCUT2D eigenvalue weighted by molar-refractivity contribution is -0.143. The first-order valence-electron chi connectivity index (χ1n) is 7.00. The van der Waals surface area contributed by atoms with E-state index in [0.717, 1.165) is 11.0 Å². The van der Waals surface area contributed by atoms with Crippen LogP contribution < -0.4 is 0 Å². The van der Waals surface area contributed by atoms with E-state index in [-0.39, 0.29) is 18.5 Å². The number of carboxylic acids is 1. The summed E-state index contributed by atoms with van der Waals surface area (Å²) < 4.78 is 1.80. The molecule has 2 heterocycles. The number of carboxylic acid groups (broad SMARTS) is 1. The lowest BCUT2D eigenvalue weighted by Crippen LogP contribution is -2.39. The first-order chi connectivity index (χ1) is 10.1. The average Bonchev–Trinajstić information content (AvgIpc) is 3.03. The van der Waals surface area contributed by atoms with E-state index in [4.69, 9.17) is 5.11 Å². The summed E-state index contributed by atoms with van der Waals surface area (Å²) in [5, 5.41) is 9.13. The molecule has 1 fully saturated rings. The molecular weight excluding hydrogens is 270 g/mol. The number of likely N-dealkylation sites (tertiary alicyclic amines) is 1. The fraction of sp³-hybridized carbons (Fsp3) is 0.400. The van der Waals surface area contributed by atoms with Gasteiger partial charge in [-0.15, -0.1) is 0 Å². The molecule has 0 radical (unpaired) electrons. The van der Waals surface area contributed by atoms with Crippen molar-refractivity contribution in [2.75, 3.05) is 6.54 Å². The Balaban J connectivity index is 1.76. The quantitative estimate of drug-likeness (QED) is 0.924. The Hall–Kier alpha value is -2.37. The number of para-hydroxylation sites is 2. The summed E-state index contributed by atoms with van der Waals surface area (Å²) in [7, 11) is 0. The van der Waals surface area contributed by atoms with Gasteiger partial charge < -0.3 is 14.6 Å². The third-order valence-corrected chi connectivity index (χ3v) is 4.23. The molecular formula is C15H17N3O3. The van der Waals surface area contributed by atoms with Crippen LogP contribution in [0.2, 0.25) is 0 Å². The third kappa shape index (κ3) is 2.37. The van der Waals surface area contributed by atoms with Crippen LogP contribution in [0.15, 0.2) is 30.6 Å². The smallest absolute Gasteiger partial charge is 0.308 e. The molecule has 6 nitrogen and oxygen atoms in total. The number of fused-ring (bicyclic) bond motifs is 1. The Bertz CT molecular complexity index is 694. The van der Waals surface area contributed by atoms with Crippen LogP contribution in [-0.2, 0) is 16.1 Å². The molecule has 1 aromatic heterocycles. The molecule has 1 aliphatic heterocycles. The van der Waals surface area contributed by atoms with Crippen LogP contribution in [-0.4, -0.2) is 44.0 Å². The number of benzene rings is 1. The van der Waals surface area contributed by atoms with E-state index in [1.165, 1.54) is 0 Å². The highest BCUT2D eigenvalue weighted by Gasteiger charge is 2.37. The van der Waals surface area contributed by atoms with Crippen molar-refractivity contribution >= 4 is 22.9 Å². The average molecular weight is 287 g/mol. The minimum atomic E-state index is -0.828. The van der Waals surface area contributed by atoms with Gasteiger partial charge in [-0.3, -0.25) is 9.59 Å². The minimum absolute atomic E-state index is 0.0607. The molecule has 2 unspecified atom stereocenters. The number of hydrogen-bond donors (Lipinski definition) is 1. The number of rotatable bonds is 3. The molecule has 2 atom stereocenters. The monoisotopic (exact) mass is 287 g/mol. The van der Waals surface area contributed by atoms with Crippen molar-refractivity contribution < 1.29 is 14.7 Å². The molecule has 3 rings (SSSR count). The largest absolute Gasteiger partial charge is 0.481 e. The van der Waals surface area contributed by atoms with Crippen molar-refractivity contribution in [3.8, 4) is 0 Å². The van der Waals surface area contributed by atoms with Gasteiger partial charge in [-0.1, -0.05) is 12.1 Å². The zero-order chi connectivity index (χ0) is 15.0. The van der Waals surface area contributed by atoms with Gasteiger partial charge in [0.2, 0.25) is 5.91 Å². The lowest BCUT2D eigenvalue weighted by Gasteiger charge is -2.23. The number of amides is 1. The van der Waals surface area contributed by atoms with E-state index < -0.39 is 11.9 Å². The van der Waals surface area contributed by atoms with E-state index in [1.54, 1.807) is 22.7 Å². The Morgan fingerprint density at radius 1 is 1.38 bits per heavy atom. The fourth-order valence-electron chi connectivity index (χ4n) is 2.99. The molecule has 0 bridgehead atoms. The predicted molar refractivity (Wildman–Crippen MR) is 76.7 cm³/mol. The number of hydrogen-bond acceptors (Lipinski definition) is 3. The zero-order valence-electron chi connectivity index (χ0n) is 11.8. The first-order valence-corrected chi connectivity index (χ1v) is 7.00. The van der Waals surface area contributed by atoms with Crippen LogP contribution in [0.25, 0.3) is 11.0 Å². The van der Waals surface area contributed by atoms with E-state index in [2.05, 4.69) is 4.98 Å². The van der Waals surface area contributed by atoms with Crippen LogP contribution in [0.5, 0.6) is 0 Å². The number of carbonyl (C=O) groups is 2. The molecule has 6 heteroatoms. The second-order valence-corrected chi connectivity index (χ2v) is 5.42. The zero-order valence-corrected chi connectivity index (χ0v) is 11.8. The molecule has 1 N–H and O–H groups in total. The third-order valence-electron chi connectivity index (χ3n) is 4.23. The van der Waals surface area contributed by atoms with Crippen molar-refractivity contribution in [2.45, 2.75) is 25.9 Å². The Labute approximate surface area is 122 Å². The molecule has 1 amide bonds. The Morgan fingerprint density at radius 2 is 2.14 bits per heavy atom. The van der Waals surface area contributed by atoms with Gasteiger partial charge >= 0.3 is 5.97 Å². The van der Waals surface area contributed by atoms with E-state index in [9.17, 15) is 9.59 Å². The van der Waals surface area contributed by atoms with Crippen molar-refractivity contribution in [1.29, 1.82) is 0 Å². The molecule has 0 aliphatic carbocycles. The van der Waals surface area contributed by atoms with Crippen LogP contribution >= 0.6 is 0 Å². The van der Waals surface area contributed by atoms with Crippen molar-refractivity contribution in [2.24, 2.45) is 5.92 Å². The van der Waals surface area contributed by atoms with Crippen LogP contribution in [0.3, 0.4) is 0 Å². The van der Waals surface area contributed by atoms with Crippen LogP contribution in [0.4, 0.5) is 0 Å². The summed E-state index contributed by atoms with van der Waals surface area (Å²) in [6.07, 6.45) is 2.17. The van der Waals surface area contributed by atoms with Gasteiger partial charge in [0.25, 0.3) is 0 Å². The predicted octanol–water partition coefficient (Wildman–Crippen LogP) is 1.36. The van der Waals surface area contributed by atoms with Gasteiger partial charge in [-0.2, -0.15) is 0 Å². The highest BCUT2D eigenvalue weighted by Crippen LogP contribution is 2.25. The minimum Gasteiger partial charge on any atom is -0.481 e. The van der Waals surface area contributed by atoms with Gasteiger partial charge in [0, 0.05) is 12.6 Å². The SMILES string of the molecule is CC1C(C(=O)O)CCN1C(=O)Cn1cnc2ccccc21. The standard InChI is InChI=1S/C15H17N3O3/c1-10-11(15(20)21)6-7-18(10)14(19)8-17-9-16-12-4-2-3-5-13(12)17/h2-5,9-11H,6-8H2,1H3,(H,20,21). The molecule has 0 saturated carbocycles. The highest BCUT2D eigenvalue weighted by molar-refractivity contribution is 5.82. The normalized spacial score (nSPS) is 21.9. The number of nitrogens with zero attached hydrogens (tertiary/aromatic N) is 3. The Kier molecular flexibility index (Phi) is 3.37.